The molecule has 2 unspecified atom stereocenters. The van der Waals surface area contributed by atoms with Crippen molar-refractivity contribution in [3.8, 4) is 11.1 Å². The van der Waals surface area contributed by atoms with Crippen LogP contribution in [0.15, 0.2) is 72.8 Å². The van der Waals surface area contributed by atoms with Crippen LogP contribution >= 0.6 is 0 Å². The van der Waals surface area contributed by atoms with Gasteiger partial charge in [-0.2, -0.15) is 0 Å². The number of carboxylic acids is 1. The van der Waals surface area contributed by atoms with Crippen LogP contribution in [0.25, 0.3) is 11.1 Å². The van der Waals surface area contributed by atoms with E-state index in [0.29, 0.717) is 6.42 Å². The van der Waals surface area contributed by atoms with E-state index in [4.69, 9.17) is 4.74 Å². The fraction of sp³-hybridized carbons (Fsp3) is 0.250. The van der Waals surface area contributed by atoms with Gasteiger partial charge in [-0.1, -0.05) is 80.9 Å². The number of para-hydroxylation sites is 1. The number of anilines is 1. The number of carboxylic acid groups (broad SMARTS) is 1. The third-order valence-corrected chi connectivity index (χ3v) is 6.52. The summed E-state index contributed by atoms with van der Waals surface area (Å²) in [4.78, 5) is 37.2. The zero-order valence-corrected chi connectivity index (χ0v) is 19.7. The van der Waals surface area contributed by atoms with Gasteiger partial charge in [0.1, 0.15) is 12.6 Å². The van der Waals surface area contributed by atoms with Crippen LogP contribution in [0.5, 0.6) is 0 Å². The molecule has 0 aliphatic heterocycles. The molecule has 35 heavy (non-hydrogen) atoms. The van der Waals surface area contributed by atoms with E-state index < -0.39 is 24.0 Å². The first-order chi connectivity index (χ1) is 16.9. The Hall–Kier alpha value is -4.13. The van der Waals surface area contributed by atoms with Gasteiger partial charge in [0, 0.05) is 5.92 Å². The molecule has 3 N–H and O–H groups in total. The zero-order chi connectivity index (χ0) is 24.9. The summed E-state index contributed by atoms with van der Waals surface area (Å²) in [6.07, 6.45) is -0.0968. The number of amides is 2. The van der Waals surface area contributed by atoms with Crippen LogP contribution in [-0.2, 0) is 9.53 Å². The van der Waals surface area contributed by atoms with Crippen molar-refractivity contribution in [3.05, 3.63) is 89.5 Å². The zero-order valence-electron chi connectivity index (χ0n) is 19.7. The molecule has 0 aromatic heterocycles. The van der Waals surface area contributed by atoms with E-state index in [1.54, 1.807) is 25.1 Å². The summed E-state index contributed by atoms with van der Waals surface area (Å²) in [5.41, 5.74) is 4.88. The van der Waals surface area contributed by atoms with Crippen molar-refractivity contribution < 1.29 is 24.2 Å². The second-order valence-corrected chi connectivity index (χ2v) is 8.67. The predicted molar refractivity (Wildman–Crippen MR) is 133 cm³/mol. The summed E-state index contributed by atoms with van der Waals surface area (Å²) in [5.74, 6) is -2.01. The number of carbonyl (C=O) groups excluding carboxylic acids is 2. The van der Waals surface area contributed by atoms with Crippen LogP contribution in [0.1, 0.15) is 47.7 Å². The molecule has 0 saturated heterocycles. The summed E-state index contributed by atoms with van der Waals surface area (Å²) < 4.78 is 5.58. The molecule has 2 amide bonds. The van der Waals surface area contributed by atoms with Gasteiger partial charge in [-0.05, 0) is 40.3 Å². The van der Waals surface area contributed by atoms with Crippen molar-refractivity contribution >= 4 is 23.7 Å². The van der Waals surface area contributed by atoms with E-state index in [0.717, 1.165) is 22.3 Å². The normalized spacial score (nSPS) is 13.8. The first-order valence-electron chi connectivity index (χ1n) is 11.6. The number of fused-ring (bicyclic) bond motifs is 3. The maximum atomic E-state index is 12.9. The van der Waals surface area contributed by atoms with E-state index >= 15 is 0 Å². The molecule has 4 rings (SSSR count). The summed E-state index contributed by atoms with van der Waals surface area (Å²) in [6.45, 7) is 3.77. The minimum Gasteiger partial charge on any atom is -0.480 e. The first kappa shape index (κ1) is 24.0. The van der Waals surface area contributed by atoms with Gasteiger partial charge in [0.15, 0.2) is 0 Å². The molecule has 0 heterocycles. The maximum Gasteiger partial charge on any atom is 0.411 e. The van der Waals surface area contributed by atoms with Gasteiger partial charge in [-0.3, -0.25) is 10.1 Å². The van der Waals surface area contributed by atoms with Gasteiger partial charge in [0.25, 0.3) is 5.91 Å². The number of hydrogen-bond donors (Lipinski definition) is 3. The molecule has 0 radical (unpaired) electrons. The Labute approximate surface area is 204 Å². The highest BCUT2D eigenvalue weighted by Crippen LogP contribution is 2.44. The summed E-state index contributed by atoms with van der Waals surface area (Å²) in [7, 11) is 0. The van der Waals surface area contributed by atoms with E-state index in [1.165, 1.54) is 6.07 Å². The fourth-order valence-corrected chi connectivity index (χ4v) is 4.44. The van der Waals surface area contributed by atoms with Crippen molar-refractivity contribution in [2.45, 2.75) is 32.2 Å². The second kappa shape index (κ2) is 10.4. The Balaban J connectivity index is 1.45. The Kier molecular flexibility index (Phi) is 7.15. The van der Waals surface area contributed by atoms with Gasteiger partial charge in [-0.25, -0.2) is 9.59 Å². The number of benzene rings is 3. The lowest BCUT2D eigenvalue weighted by Crippen LogP contribution is -2.45. The quantitative estimate of drug-likeness (QED) is 0.414. The Morgan fingerprint density at radius 1 is 0.914 bits per heavy atom. The molecule has 3 aromatic carbocycles. The summed E-state index contributed by atoms with van der Waals surface area (Å²) >= 11 is 0. The van der Waals surface area contributed by atoms with E-state index in [9.17, 15) is 19.5 Å². The minimum absolute atomic E-state index is 0.0847. The molecule has 7 nitrogen and oxygen atoms in total. The van der Waals surface area contributed by atoms with Crippen LogP contribution in [0.2, 0.25) is 0 Å². The smallest absolute Gasteiger partial charge is 0.411 e. The maximum absolute atomic E-state index is 12.9. The van der Waals surface area contributed by atoms with Crippen molar-refractivity contribution in [2.24, 2.45) is 5.92 Å². The molecule has 0 saturated carbocycles. The number of aliphatic carboxylic acids is 1. The number of carbonyl (C=O) groups is 3. The van der Waals surface area contributed by atoms with Crippen molar-refractivity contribution in [3.63, 3.8) is 0 Å². The minimum atomic E-state index is -1.10. The first-order valence-corrected chi connectivity index (χ1v) is 11.6. The lowest BCUT2D eigenvalue weighted by atomic mass is 9.98. The monoisotopic (exact) mass is 472 g/mol. The second-order valence-electron chi connectivity index (χ2n) is 8.67. The molecular weight excluding hydrogens is 444 g/mol. The van der Waals surface area contributed by atoms with Crippen molar-refractivity contribution in [1.82, 2.24) is 5.32 Å². The van der Waals surface area contributed by atoms with E-state index in [1.807, 2.05) is 43.3 Å². The molecule has 0 fully saturated rings. The van der Waals surface area contributed by atoms with Crippen LogP contribution in [0.3, 0.4) is 0 Å². The van der Waals surface area contributed by atoms with Crippen LogP contribution in [0.4, 0.5) is 10.5 Å². The van der Waals surface area contributed by atoms with Gasteiger partial charge >= 0.3 is 12.1 Å². The Morgan fingerprint density at radius 3 is 2.09 bits per heavy atom. The highest BCUT2D eigenvalue weighted by Gasteiger charge is 2.30. The third kappa shape index (κ3) is 5.04. The Bertz CT molecular complexity index is 1210. The summed E-state index contributed by atoms with van der Waals surface area (Å²) in [5, 5.41) is 14.7. The van der Waals surface area contributed by atoms with Gasteiger partial charge in [0.2, 0.25) is 0 Å². The highest BCUT2D eigenvalue weighted by molar-refractivity contribution is 6.03. The number of nitrogens with one attached hydrogen (secondary N) is 2. The van der Waals surface area contributed by atoms with Crippen LogP contribution < -0.4 is 10.6 Å². The summed E-state index contributed by atoms with van der Waals surface area (Å²) in [6, 6.07) is 21.5. The molecule has 0 bridgehead atoms. The fourth-order valence-electron chi connectivity index (χ4n) is 4.44. The predicted octanol–water partition coefficient (Wildman–Crippen LogP) is 5.28. The molecule has 1 aliphatic rings. The SMILES string of the molecule is CCC(C)C(NC(=O)c1ccccc1NC(=O)OCC1c2ccccc2-c2ccccc21)C(=O)O. The third-order valence-electron chi connectivity index (χ3n) is 6.52. The molecule has 0 spiro atoms. The molecular formula is C28H28N2O5. The Morgan fingerprint density at radius 2 is 1.49 bits per heavy atom. The highest BCUT2D eigenvalue weighted by atomic mass is 16.5. The number of ether oxygens (including phenoxy) is 1. The van der Waals surface area contributed by atoms with Crippen molar-refractivity contribution in [1.29, 1.82) is 0 Å². The van der Waals surface area contributed by atoms with Gasteiger partial charge in [0.05, 0.1) is 11.3 Å². The average Bonchev–Trinajstić information content (AvgIpc) is 3.19. The lowest BCUT2D eigenvalue weighted by molar-refractivity contribution is -0.140. The van der Waals surface area contributed by atoms with Crippen LogP contribution in [-0.4, -0.2) is 35.7 Å². The molecule has 1 aliphatic carbocycles. The van der Waals surface area contributed by atoms with Gasteiger partial charge in [-0.15, -0.1) is 0 Å². The standard InChI is InChI=1S/C28H28N2O5/c1-3-17(2)25(27(32)33)30-26(31)22-14-8-9-15-24(22)29-28(34)35-16-23-20-12-6-4-10-18(20)19-11-5-7-13-21(19)23/h4-15,17,23,25H,3,16H2,1-2H3,(H,29,34)(H,30,31)(H,32,33). The number of rotatable bonds is 8. The van der Waals surface area contributed by atoms with E-state index in [2.05, 4.69) is 22.8 Å². The number of hydrogen-bond acceptors (Lipinski definition) is 4. The van der Waals surface area contributed by atoms with Crippen molar-refractivity contribution in [2.75, 3.05) is 11.9 Å². The molecule has 2 atom stereocenters. The van der Waals surface area contributed by atoms with Crippen LogP contribution in [0, 0.1) is 5.92 Å². The van der Waals surface area contributed by atoms with Gasteiger partial charge < -0.3 is 15.2 Å². The van der Waals surface area contributed by atoms with E-state index in [-0.39, 0.29) is 29.7 Å². The topological polar surface area (TPSA) is 105 Å². The average molecular weight is 473 g/mol. The molecule has 3 aromatic rings. The molecule has 180 valence electrons. The largest absolute Gasteiger partial charge is 0.480 e. The molecule has 7 heteroatoms. The lowest BCUT2D eigenvalue weighted by Gasteiger charge is -2.21.